The van der Waals surface area contributed by atoms with Gasteiger partial charge in [-0.1, -0.05) is 18.7 Å². The second-order valence-corrected chi connectivity index (χ2v) is 5.69. The smallest absolute Gasteiger partial charge is 0.436 e. The zero-order valence-electron chi connectivity index (χ0n) is 11.4. The molecule has 1 fully saturated rings. The van der Waals surface area contributed by atoms with Gasteiger partial charge in [-0.25, -0.2) is 4.79 Å². The van der Waals surface area contributed by atoms with E-state index < -0.39 is 36.3 Å². The van der Waals surface area contributed by atoms with Crippen molar-refractivity contribution < 1.29 is 35.9 Å². The molecule has 2 aliphatic carbocycles. The SMILES string of the molecule is C=CC(=O)OC(CC1CC2C=CC1C2)(C(F)(F)F)C(F)(F)F. The van der Waals surface area contributed by atoms with Crippen molar-refractivity contribution in [3.63, 3.8) is 0 Å². The molecule has 0 saturated heterocycles. The molecule has 0 radical (unpaired) electrons. The Bertz CT molecular complexity index is 477. The molecule has 0 spiro atoms. The number of alkyl halides is 6. The van der Waals surface area contributed by atoms with E-state index >= 15 is 0 Å². The molecular formula is C14H14F6O2. The largest absolute Gasteiger partial charge is 0.437 e. The molecule has 2 rings (SSSR count). The summed E-state index contributed by atoms with van der Waals surface area (Å²) in [4.78, 5) is 11.1. The van der Waals surface area contributed by atoms with Crippen LogP contribution < -0.4 is 0 Å². The highest BCUT2D eigenvalue weighted by molar-refractivity contribution is 5.81. The summed E-state index contributed by atoms with van der Waals surface area (Å²) in [6.07, 6.45) is -8.29. The Morgan fingerprint density at radius 2 is 1.73 bits per heavy atom. The molecular weight excluding hydrogens is 314 g/mol. The first-order valence-electron chi connectivity index (χ1n) is 6.67. The van der Waals surface area contributed by atoms with E-state index in [0.717, 1.165) is 0 Å². The fourth-order valence-electron chi connectivity index (χ4n) is 3.26. The molecule has 1 saturated carbocycles. The molecule has 3 unspecified atom stereocenters. The van der Waals surface area contributed by atoms with Gasteiger partial charge in [-0.2, -0.15) is 26.3 Å². The minimum absolute atomic E-state index is 0.00396. The molecule has 0 heterocycles. The van der Waals surface area contributed by atoms with E-state index in [1.807, 2.05) is 0 Å². The summed E-state index contributed by atoms with van der Waals surface area (Å²) < 4.78 is 83.1. The van der Waals surface area contributed by atoms with Crippen LogP contribution in [-0.4, -0.2) is 23.9 Å². The van der Waals surface area contributed by atoms with Crippen LogP contribution in [0.3, 0.4) is 0 Å². The lowest BCUT2D eigenvalue weighted by atomic mass is 9.81. The summed E-state index contributed by atoms with van der Waals surface area (Å²) in [5, 5.41) is 0. The van der Waals surface area contributed by atoms with Gasteiger partial charge >= 0.3 is 23.9 Å². The van der Waals surface area contributed by atoms with Crippen LogP contribution in [0, 0.1) is 17.8 Å². The third-order valence-electron chi connectivity index (χ3n) is 4.32. The standard InChI is InChI=1S/C14H14F6O2/c1-2-11(21)22-12(13(15,16)17,14(18,19)20)7-10-6-8-3-4-9(10)5-8/h2-4,8-10H,1,5-7H2. The maximum Gasteiger partial charge on any atom is 0.437 e. The van der Waals surface area contributed by atoms with Crippen LogP contribution in [-0.2, 0) is 9.53 Å². The second-order valence-electron chi connectivity index (χ2n) is 5.69. The van der Waals surface area contributed by atoms with Crippen molar-refractivity contribution in [2.45, 2.75) is 37.2 Å². The van der Waals surface area contributed by atoms with Gasteiger partial charge in [0.2, 0.25) is 0 Å². The van der Waals surface area contributed by atoms with Crippen molar-refractivity contribution in [2.24, 2.45) is 17.8 Å². The number of carbonyl (C=O) groups excluding carboxylic acids is 1. The molecule has 8 heteroatoms. The molecule has 2 aliphatic rings. The second kappa shape index (κ2) is 5.31. The van der Waals surface area contributed by atoms with Crippen molar-refractivity contribution in [1.29, 1.82) is 0 Å². The summed E-state index contributed by atoms with van der Waals surface area (Å²) in [5.41, 5.74) is -4.49. The number of hydrogen-bond acceptors (Lipinski definition) is 2. The third-order valence-corrected chi connectivity index (χ3v) is 4.32. The topological polar surface area (TPSA) is 26.3 Å². The van der Waals surface area contributed by atoms with E-state index in [1.165, 1.54) is 0 Å². The zero-order valence-corrected chi connectivity index (χ0v) is 11.4. The predicted octanol–water partition coefficient (Wildman–Crippen LogP) is 4.18. The molecule has 0 aromatic rings. The van der Waals surface area contributed by atoms with E-state index in [0.29, 0.717) is 12.5 Å². The van der Waals surface area contributed by atoms with E-state index in [1.54, 1.807) is 12.2 Å². The Morgan fingerprint density at radius 1 is 1.14 bits per heavy atom. The minimum atomic E-state index is -5.75. The summed E-state index contributed by atoms with van der Waals surface area (Å²) in [6.45, 7) is 2.86. The maximum absolute atomic E-state index is 13.2. The van der Waals surface area contributed by atoms with Gasteiger partial charge in [-0.05, 0) is 30.6 Å². The molecule has 0 aliphatic heterocycles. The lowest BCUT2D eigenvalue weighted by Crippen LogP contribution is -2.60. The van der Waals surface area contributed by atoms with Crippen LogP contribution >= 0.6 is 0 Å². The van der Waals surface area contributed by atoms with Gasteiger partial charge < -0.3 is 4.74 Å². The Hall–Kier alpha value is -1.47. The number of allylic oxidation sites excluding steroid dienone is 2. The minimum Gasteiger partial charge on any atom is -0.436 e. The summed E-state index contributed by atoms with van der Waals surface area (Å²) in [7, 11) is 0. The molecule has 3 atom stereocenters. The molecule has 0 aromatic heterocycles. The molecule has 124 valence electrons. The molecule has 2 bridgehead atoms. The van der Waals surface area contributed by atoms with Crippen molar-refractivity contribution in [3.8, 4) is 0 Å². The number of carbonyl (C=O) groups is 1. The monoisotopic (exact) mass is 328 g/mol. The number of halogens is 6. The maximum atomic E-state index is 13.2. The predicted molar refractivity (Wildman–Crippen MR) is 64.6 cm³/mol. The molecule has 22 heavy (non-hydrogen) atoms. The highest BCUT2D eigenvalue weighted by Gasteiger charge is 2.74. The summed E-state index contributed by atoms with van der Waals surface area (Å²) in [5.74, 6) is -2.90. The van der Waals surface area contributed by atoms with Gasteiger partial charge in [-0.15, -0.1) is 0 Å². The first-order chi connectivity index (χ1) is 10.00. The van der Waals surface area contributed by atoms with Crippen molar-refractivity contribution in [2.75, 3.05) is 0 Å². The van der Waals surface area contributed by atoms with Gasteiger partial charge in [0.25, 0.3) is 0 Å². The average Bonchev–Trinajstić information content (AvgIpc) is 2.97. The summed E-state index contributed by atoms with van der Waals surface area (Å²) in [6, 6.07) is 0. The van der Waals surface area contributed by atoms with Crippen LogP contribution in [0.4, 0.5) is 26.3 Å². The number of hydrogen-bond donors (Lipinski definition) is 0. The van der Waals surface area contributed by atoms with Gasteiger partial charge in [0.1, 0.15) is 0 Å². The zero-order chi connectivity index (χ0) is 16.8. The Labute approximate surface area is 122 Å². The van der Waals surface area contributed by atoms with Crippen molar-refractivity contribution in [3.05, 3.63) is 24.8 Å². The lowest BCUT2D eigenvalue weighted by molar-refractivity contribution is -0.373. The first kappa shape index (κ1) is 16.9. The third kappa shape index (κ3) is 2.75. The van der Waals surface area contributed by atoms with E-state index in [2.05, 4.69) is 11.3 Å². The van der Waals surface area contributed by atoms with E-state index in [9.17, 15) is 31.1 Å². The van der Waals surface area contributed by atoms with Crippen LogP contribution in [0.1, 0.15) is 19.3 Å². The van der Waals surface area contributed by atoms with Crippen LogP contribution in [0.5, 0.6) is 0 Å². The van der Waals surface area contributed by atoms with Crippen molar-refractivity contribution >= 4 is 5.97 Å². The highest BCUT2D eigenvalue weighted by atomic mass is 19.4. The normalized spacial score (nSPS) is 28.0. The quantitative estimate of drug-likeness (QED) is 0.335. The summed E-state index contributed by atoms with van der Waals surface area (Å²) >= 11 is 0. The number of ether oxygens (including phenoxy) is 1. The Morgan fingerprint density at radius 3 is 2.09 bits per heavy atom. The van der Waals surface area contributed by atoms with Crippen LogP contribution in [0.2, 0.25) is 0 Å². The van der Waals surface area contributed by atoms with Gasteiger partial charge in [0, 0.05) is 12.5 Å². The first-order valence-corrected chi connectivity index (χ1v) is 6.67. The van der Waals surface area contributed by atoms with Gasteiger partial charge in [0.15, 0.2) is 0 Å². The highest BCUT2D eigenvalue weighted by Crippen LogP contribution is 2.54. The Kier molecular flexibility index (Phi) is 4.08. The Balaban J connectivity index is 2.36. The number of fused-ring (bicyclic) bond motifs is 2. The van der Waals surface area contributed by atoms with Crippen LogP contribution in [0.25, 0.3) is 0 Å². The molecule has 0 aromatic carbocycles. The van der Waals surface area contributed by atoms with E-state index in [-0.39, 0.29) is 18.3 Å². The average molecular weight is 328 g/mol. The fourth-order valence-corrected chi connectivity index (χ4v) is 3.26. The molecule has 0 amide bonds. The molecule has 2 nitrogen and oxygen atoms in total. The van der Waals surface area contributed by atoms with Crippen molar-refractivity contribution in [1.82, 2.24) is 0 Å². The number of rotatable bonds is 4. The number of esters is 1. The van der Waals surface area contributed by atoms with Gasteiger partial charge in [0.05, 0.1) is 0 Å². The van der Waals surface area contributed by atoms with Gasteiger partial charge in [-0.3, -0.25) is 0 Å². The van der Waals surface area contributed by atoms with E-state index in [4.69, 9.17) is 0 Å². The lowest BCUT2D eigenvalue weighted by Gasteiger charge is -2.39. The molecule has 0 N–H and O–H groups in total. The van der Waals surface area contributed by atoms with Crippen LogP contribution in [0.15, 0.2) is 24.8 Å². The fraction of sp³-hybridized carbons (Fsp3) is 0.643.